The maximum atomic E-state index is 11.8. The summed E-state index contributed by atoms with van der Waals surface area (Å²) in [4.78, 5) is 0. The Hall–Kier alpha value is -0.870. The molecule has 0 amide bonds. The summed E-state index contributed by atoms with van der Waals surface area (Å²) in [5.41, 5.74) is 1.32. The molecule has 1 aliphatic carbocycles. The quantitative estimate of drug-likeness (QED) is 0.722. The van der Waals surface area contributed by atoms with Crippen LogP contribution in [0.2, 0.25) is 0 Å². The fourth-order valence-corrected chi connectivity index (χ4v) is 4.10. The van der Waals surface area contributed by atoms with Gasteiger partial charge in [0.1, 0.15) is 9.84 Å². The van der Waals surface area contributed by atoms with Crippen LogP contribution >= 0.6 is 0 Å². The van der Waals surface area contributed by atoms with Crippen LogP contribution in [0.5, 0.6) is 0 Å². The first-order valence-corrected chi connectivity index (χ1v) is 9.91. The Kier molecular flexibility index (Phi) is 6.24. The van der Waals surface area contributed by atoms with E-state index < -0.39 is 9.84 Å². The highest BCUT2D eigenvalue weighted by Gasteiger charge is 2.22. The molecule has 4 heteroatoms. The van der Waals surface area contributed by atoms with Gasteiger partial charge in [0.25, 0.3) is 0 Å². The summed E-state index contributed by atoms with van der Waals surface area (Å²) in [5.74, 6) is 1.07. The Morgan fingerprint density at radius 1 is 1.19 bits per heavy atom. The zero-order valence-electron chi connectivity index (χ0n) is 12.9. The molecule has 1 aliphatic rings. The first-order valence-electron chi connectivity index (χ1n) is 8.09. The van der Waals surface area contributed by atoms with Crippen LogP contribution in [0.3, 0.4) is 0 Å². The first kappa shape index (κ1) is 16.5. The van der Waals surface area contributed by atoms with Crippen molar-refractivity contribution in [3.63, 3.8) is 0 Å². The molecule has 1 unspecified atom stereocenters. The third-order valence-corrected chi connectivity index (χ3v) is 5.97. The lowest BCUT2D eigenvalue weighted by atomic mass is 9.94. The minimum absolute atomic E-state index is 0.323. The number of hydrogen-bond acceptors (Lipinski definition) is 3. The van der Waals surface area contributed by atoms with Crippen molar-refractivity contribution in [1.82, 2.24) is 5.32 Å². The van der Waals surface area contributed by atoms with Gasteiger partial charge in [0.2, 0.25) is 0 Å². The molecule has 1 N–H and O–H groups in total. The van der Waals surface area contributed by atoms with Gasteiger partial charge in [0, 0.05) is 18.3 Å². The van der Waals surface area contributed by atoms with Gasteiger partial charge >= 0.3 is 0 Å². The first-order chi connectivity index (χ1) is 10.1. The summed E-state index contributed by atoms with van der Waals surface area (Å²) in [6.07, 6.45) is 4.98. The zero-order valence-corrected chi connectivity index (χ0v) is 13.7. The molecule has 2 rings (SSSR count). The Balaban J connectivity index is 1.86. The number of rotatable bonds is 10. The average Bonchev–Trinajstić information content (AvgIpc) is 3.27. The van der Waals surface area contributed by atoms with Crippen LogP contribution in [0.15, 0.2) is 30.3 Å². The van der Waals surface area contributed by atoms with Crippen molar-refractivity contribution in [3.05, 3.63) is 35.9 Å². The second kappa shape index (κ2) is 7.95. The molecule has 0 saturated heterocycles. The van der Waals surface area contributed by atoms with Gasteiger partial charge in [0.15, 0.2) is 0 Å². The summed E-state index contributed by atoms with van der Waals surface area (Å²) in [6, 6.07) is 11.2. The van der Waals surface area contributed by atoms with Crippen LogP contribution in [-0.4, -0.2) is 32.5 Å². The molecule has 1 atom stereocenters. The van der Waals surface area contributed by atoms with Gasteiger partial charge in [-0.2, -0.15) is 0 Å². The van der Waals surface area contributed by atoms with E-state index in [4.69, 9.17) is 0 Å². The van der Waals surface area contributed by atoms with Crippen molar-refractivity contribution in [2.45, 2.75) is 51.0 Å². The second-order valence-electron chi connectivity index (χ2n) is 6.08. The number of hydrogen-bond donors (Lipinski definition) is 1. The third-order valence-electron chi connectivity index (χ3n) is 4.02. The number of benzene rings is 1. The zero-order chi connectivity index (χ0) is 15.1. The van der Waals surface area contributed by atoms with Gasteiger partial charge < -0.3 is 5.32 Å². The molecule has 3 nitrogen and oxygen atoms in total. The monoisotopic (exact) mass is 309 g/mol. The maximum Gasteiger partial charge on any atom is 0.150 e. The van der Waals surface area contributed by atoms with Crippen LogP contribution in [0.25, 0.3) is 0 Å². The summed E-state index contributed by atoms with van der Waals surface area (Å²) in [5, 5.41) is 3.58. The normalized spacial score (nSPS) is 16.8. The van der Waals surface area contributed by atoms with Crippen LogP contribution in [0, 0.1) is 0 Å². The molecule has 1 fully saturated rings. The Labute approximate surface area is 129 Å². The molecular weight excluding hydrogens is 282 g/mol. The maximum absolute atomic E-state index is 11.8. The van der Waals surface area contributed by atoms with Crippen molar-refractivity contribution in [2.24, 2.45) is 0 Å². The Morgan fingerprint density at radius 3 is 2.52 bits per heavy atom. The Bertz CT molecular complexity index is 509. The predicted octanol–water partition coefficient (Wildman–Crippen LogP) is 3.13. The van der Waals surface area contributed by atoms with Crippen molar-refractivity contribution in [1.29, 1.82) is 0 Å². The van der Waals surface area contributed by atoms with E-state index in [1.165, 1.54) is 18.4 Å². The Morgan fingerprint density at radius 2 is 1.90 bits per heavy atom. The van der Waals surface area contributed by atoms with E-state index in [1.54, 1.807) is 0 Å². The van der Waals surface area contributed by atoms with Gasteiger partial charge in [0.05, 0.1) is 5.75 Å². The lowest BCUT2D eigenvalue weighted by Gasteiger charge is -2.18. The van der Waals surface area contributed by atoms with Crippen LogP contribution in [-0.2, 0) is 9.84 Å². The minimum Gasteiger partial charge on any atom is -0.313 e. The van der Waals surface area contributed by atoms with E-state index in [9.17, 15) is 8.42 Å². The van der Waals surface area contributed by atoms with E-state index in [-0.39, 0.29) is 0 Å². The second-order valence-corrected chi connectivity index (χ2v) is 8.39. The van der Waals surface area contributed by atoms with E-state index >= 15 is 0 Å². The van der Waals surface area contributed by atoms with Crippen LogP contribution in [0.4, 0.5) is 0 Å². The summed E-state index contributed by atoms with van der Waals surface area (Å²) in [6.45, 7) is 2.88. The largest absolute Gasteiger partial charge is 0.313 e. The molecule has 0 bridgehead atoms. The summed E-state index contributed by atoms with van der Waals surface area (Å²) in [7, 11) is -2.85. The number of nitrogens with one attached hydrogen (secondary N) is 1. The molecule has 1 saturated carbocycles. The van der Waals surface area contributed by atoms with Gasteiger partial charge in [-0.3, -0.25) is 0 Å². The highest BCUT2D eigenvalue weighted by atomic mass is 32.2. The van der Waals surface area contributed by atoms with Crippen LogP contribution < -0.4 is 5.32 Å². The third kappa shape index (κ3) is 6.18. The lowest BCUT2D eigenvalue weighted by molar-refractivity contribution is 0.537. The average molecular weight is 309 g/mol. The van der Waals surface area contributed by atoms with E-state index in [2.05, 4.69) is 29.6 Å². The van der Waals surface area contributed by atoms with Crippen molar-refractivity contribution in [2.75, 3.05) is 18.1 Å². The van der Waals surface area contributed by atoms with Crippen molar-refractivity contribution in [3.8, 4) is 0 Å². The molecule has 0 aliphatic heterocycles. The van der Waals surface area contributed by atoms with Crippen LogP contribution in [0.1, 0.15) is 50.5 Å². The fraction of sp³-hybridized carbons (Fsp3) is 0.647. The highest BCUT2D eigenvalue weighted by Crippen LogP contribution is 2.24. The molecule has 118 valence electrons. The fourth-order valence-electron chi connectivity index (χ4n) is 2.67. The van der Waals surface area contributed by atoms with Gasteiger partial charge in [-0.25, -0.2) is 8.42 Å². The van der Waals surface area contributed by atoms with Gasteiger partial charge in [-0.1, -0.05) is 37.3 Å². The summed E-state index contributed by atoms with van der Waals surface area (Å²) < 4.78 is 23.6. The van der Waals surface area contributed by atoms with Crippen molar-refractivity contribution < 1.29 is 8.42 Å². The SMILES string of the molecule is CCCS(=O)(=O)CCCC(CNC1CC1)c1ccccc1. The molecule has 1 aromatic carbocycles. The molecule has 0 spiro atoms. The summed E-state index contributed by atoms with van der Waals surface area (Å²) >= 11 is 0. The molecule has 0 radical (unpaired) electrons. The predicted molar refractivity (Wildman–Crippen MR) is 88.4 cm³/mol. The molecule has 0 aromatic heterocycles. The highest BCUT2D eigenvalue weighted by molar-refractivity contribution is 7.91. The van der Waals surface area contributed by atoms with Gasteiger partial charge in [-0.15, -0.1) is 0 Å². The molecule has 1 aromatic rings. The van der Waals surface area contributed by atoms with Crippen molar-refractivity contribution >= 4 is 9.84 Å². The topological polar surface area (TPSA) is 46.2 Å². The standard InChI is InChI=1S/C17H27NO2S/c1-2-12-21(19,20)13-6-9-16(14-18-17-10-11-17)15-7-4-3-5-8-15/h3-5,7-8,16-18H,2,6,9-14H2,1H3. The molecular formula is C17H27NO2S. The number of sulfone groups is 1. The van der Waals surface area contributed by atoms with E-state index in [0.717, 1.165) is 19.4 Å². The molecule has 21 heavy (non-hydrogen) atoms. The van der Waals surface area contributed by atoms with E-state index in [0.29, 0.717) is 29.9 Å². The lowest BCUT2D eigenvalue weighted by Crippen LogP contribution is -2.24. The van der Waals surface area contributed by atoms with Gasteiger partial charge in [-0.05, 0) is 43.6 Å². The van der Waals surface area contributed by atoms with E-state index in [1.807, 2.05) is 13.0 Å². The molecule has 0 heterocycles. The minimum atomic E-state index is -2.85. The smallest absolute Gasteiger partial charge is 0.150 e.